The number of carbonyl (C=O) groups is 1. The molecule has 1 aromatic carbocycles. The van der Waals surface area contributed by atoms with Crippen LogP contribution in [0.4, 0.5) is 0 Å². The second kappa shape index (κ2) is 12.5. The molecule has 0 aromatic heterocycles. The van der Waals surface area contributed by atoms with Crippen LogP contribution in [0.1, 0.15) is 84.3 Å². The monoisotopic (exact) mass is 463 g/mol. The van der Waals surface area contributed by atoms with Crippen LogP contribution in [0, 0.1) is 17.3 Å². The number of hydrogen-bond donors (Lipinski definition) is 1. The van der Waals surface area contributed by atoms with Gasteiger partial charge in [-0.25, -0.2) is 9.93 Å². The summed E-state index contributed by atoms with van der Waals surface area (Å²) in [6.45, 7) is 10.7. The van der Waals surface area contributed by atoms with Crippen LogP contribution in [0.15, 0.2) is 29.8 Å². The van der Waals surface area contributed by atoms with Gasteiger partial charge in [0.2, 0.25) is 0 Å². The summed E-state index contributed by atoms with van der Waals surface area (Å²) >= 11 is -1.81. The van der Waals surface area contributed by atoms with E-state index in [1.165, 1.54) is 24.0 Å². The van der Waals surface area contributed by atoms with Crippen molar-refractivity contribution < 1.29 is 17.9 Å². The molecule has 3 rings (SSSR count). The van der Waals surface area contributed by atoms with Gasteiger partial charge in [-0.05, 0) is 79.9 Å². The zero-order valence-corrected chi connectivity index (χ0v) is 21.3. The SMILES string of the molecule is CC.CCOC(=O)/C=C1\CCC2C(CCc3ccc(CC)c(OS(N)=O)c3)CCCC12C. The Morgan fingerprint density at radius 3 is 2.69 bits per heavy atom. The average molecular weight is 464 g/mol. The quantitative estimate of drug-likeness (QED) is 0.389. The predicted octanol–water partition coefficient (Wildman–Crippen LogP) is 5.83. The van der Waals surface area contributed by atoms with Gasteiger partial charge in [-0.3, -0.25) is 0 Å². The van der Waals surface area contributed by atoms with E-state index in [0.29, 0.717) is 24.2 Å². The predicted molar refractivity (Wildman–Crippen MR) is 131 cm³/mol. The molecule has 0 aliphatic heterocycles. The van der Waals surface area contributed by atoms with Gasteiger partial charge in [-0.2, -0.15) is 4.21 Å². The maximum Gasteiger partial charge on any atom is 0.330 e. The average Bonchev–Trinajstić information content (AvgIpc) is 3.10. The van der Waals surface area contributed by atoms with E-state index in [1.54, 1.807) is 6.08 Å². The summed E-state index contributed by atoms with van der Waals surface area (Å²) in [6, 6.07) is 6.19. The highest BCUT2D eigenvalue weighted by molar-refractivity contribution is 7.78. The summed E-state index contributed by atoms with van der Waals surface area (Å²) in [5.74, 6) is 1.70. The van der Waals surface area contributed by atoms with E-state index >= 15 is 0 Å². The highest BCUT2D eigenvalue weighted by Gasteiger charge is 2.48. The molecule has 0 spiro atoms. The Kier molecular flexibility index (Phi) is 10.4. The number of esters is 1. The highest BCUT2D eigenvalue weighted by Crippen LogP contribution is 2.58. The minimum atomic E-state index is -1.81. The number of hydrogen-bond acceptors (Lipinski definition) is 4. The third-order valence-electron chi connectivity index (χ3n) is 7.18. The Labute approximate surface area is 196 Å². The molecule has 2 saturated carbocycles. The Morgan fingerprint density at radius 1 is 1.28 bits per heavy atom. The normalized spacial score (nSPS) is 26.6. The molecule has 0 saturated heterocycles. The highest BCUT2D eigenvalue weighted by atomic mass is 32.2. The van der Waals surface area contributed by atoms with Crippen molar-refractivity contribution in [3.05, 3.63) is 41.0 Å². The maximum atomic E-state index is 12.0. The first-order valence-electron chi connectivity index (χ1n) is 12.2. The van der Waals surface area contributed by atoms with Crippen LogP contribution in [-0.4, -0.2) is 16.8 Å². The van der Waals surface area contributed by atoms with Crippen molar-refractivity contribution in [3.63, 3.8) is 0 Å². The molecule has 1 aromatic rings. The molecule has 2 aliphatic carbocycles. The van der Waals surface area contributed by atoms with Crippen molar-refractivity contribution >= 4 is 17.2 Å². The summed E-state index contributed by atoms with van der Waals surface area (Å²) in [7, 11) is 0. The van der Waals surface area contributed by atoms with Crippen molar-refractivity contribution in [2.75, 3.05) is 6.61 Å². The molecule has 180 valence electrons. The van der Waals surface area contributed by atoms with E-state index in [0.717, 1.165) is 44.1 Å². The second-order valence-corrected chi connectivity index (χ2v) is 9.50. The first kappa shape index (κ1) is 26.6. The Hall–Kier alpha value is -1.66. The van der Waals surface area contributed by atoms with Crippen molar-refractivity contribution in [1.82, 2.24) is 0 Å². The number of nitrogens with two attached hydrogens (primary N) is 1. The Morgan fingerprint density at radius 2 is 2.03 bits per heavy atom. The van der Waals surface area contributed by atoms with Gasteiger partial charge in [0.1, 0.15) is 5.75 Å². The molecular formula is C26H41NO4S. The molecule has 4 atom stereocenters. The minimum absolute atomic E-state index is 0.118. The van der Waals surface area contributed by atoms with E-state index in [9.17, 15) is 9.00 Å². The number of ether oxygens (including phenoxy) is 1. The van der Waals surface area contributed by atoms with Crippen molar-refractivity contribution in [1.29, 1.82) is 0 Å². The molecule has 6 heteroatoms. The number of aryl methyl sites for hydroxylation is 2. The smallest absolute Gasteiger partial charge is 0.330 e. The van der Waals surface area contributed by atoms with Gasteiger partial charge < -0.3 is 8.92 Å². The van der Waals surface area contributed by atoms with Crippen molar-refractivity contribution in [3.8, 4) is 5.75 Å². The van der Waals surface area contributed by atoms with Crippen LogP contribution in [0.5, 0.6) is 5.75 Å². The van der Waals surface area contributed by atoms with Gasteiger partial charge in [0, 0.05) is 6.08 Å². The molecular weight excluding hydrogens is 422 g/mol. The number of rotatable bonds is 8. The molecule has 0 amide bonds. The number of allylic oxidation sites excluding steroid dienone is 1. The topological polar surface area (TPSA) is 78.6 Å². The van der Waals surface area contributed by atoms with E-state index < -0.39 is 11.3 Å². The largest absolute Gasteiger partial charge is 0.463 e. The molecule has 0 heterocycles. The minimum Gasteiger partial charge on any atom is -0.463 e. The lowest BCUT2D eigenvalue weighted by atomic mass is 9.62. The maximum absolute atomic E-state index is 12.0. The lowest BCUT2D eigenvalue weighted by Gasteiger charge is -2.43. The summed E-state index contributed by atoms with van der Waals surface area (Å²) in [4.78, 5) is 12.0. The molecule has 5 nitrogen and oxygen atoms in total. The van der Waals surface area contributed by atoms with Gasteiger partial charge in [-0.1, -0.05) is 58.2 Å². The van der Waals surface area contributed by atoms with Gasteiger partial charge in [0.05, 0.1) is 6.61 Å². The van der Waals surface area contributed by atoms with Gasteiger partial charge >= 0.3 is 5.97 Å². The summed E-state index contributed by atoms with van der Waals surface area (Å²) in [5.41, 5.74) is 3.61. The fraction of sp³-hybridized carbons (Fsp3) is 0.654. The van der Waals surface area contributed by atoms with Gasteiger partial charge in [0.25, 0.3) is 11.3 Å². The number of benzene rings is 1. The zero-order chi connectivity index (χ0) is 23.7. The fourth-order valence-corrected chi connectivity index (χ4v) is 5.99. The van der Waals surface area contributed by atoms with E-state index in [1.807, 2.05) is 33.8 Å². The van der Waals surface area contributed by atoms with Crippen molar-refractivity contribution in [2.24, 2.45) is 22.4 Å². The Bertz CT molecular complexity index is 822. The van der Waals surface area contributed by atoms with Crippen LogP contribution in [0.2, 0.25) is 0 Å². The van der Waals surface area contributed by atoms with Gasteiger partial charge in [-0.15, -0.1) is 0 Å². The molecule has 4 unspecified atom stereocenters. The van der Waals surface area contributed by atoms with Crippen LogP contribution in [-0.2, 0) is 33.6 Å². The molecule has 32 heavy (non-hydrogen) atoms. The lowest BCUT2D eigenvalue weighted by Crippen LogP contribution is -2.34. The first-order chi connectivity index (χ1) is 15.4. The van der Waals surface area contributed by atoms with Crippen LogP contribution in [0.3, 0.4) is 0 Å². The summed E-state index contributed by atoms with van der Waals surface area (Å²) in [5, 5.41) is 5.34. The zero-order valence-electron chi connectivity index (χ0n) is 20.4. The van der Waals surface area contributed by atoms with Crippen LogP contribution >= 0.6 is 0 Å². The third-order valence-corrected chi connectivity index (χ3v) is 7.53. The van der Waals surface area contributed by atoms with Crippen LogP contribution in [0.25, 0.3) is 0 Å². The molecule has 0 radical (unpaired) electrons. The Balaban J connectivity index is 0.00000176. The van der Waals surface area contributed by atoms with E-state index in [2.05, 4.69) is 19.1 Å². The second-order valence-electron chi connectivity index (χ2n) is 8.81. The standard InChI is InChI=1S/C24H35NO4S.C2H6/c1-4-18-10-8-17(15-22(18)29-30(25)27)9-11-19-7-6-14-24(3)20(12-13-21(19)24)16-23(26)28-5-2;1-2/h8,10,15-16,19,21H,4-7,9,11-14,25H2,1-3H3;1-2H3/b20-16+;. The van der Waals surface area contributed by atoms with E-state index in [4.69, 9.17) is 14.1 Å². The number of fused-ring (bicyclic) bond motifs is 1. The van der Waals surface area contributed by atoms with E-state index in [-0.39, 0.29) is 11.4 Å². The fourth-order valence-electron chi connectivity index (χ4n) is 5.66. The molecule has 2 N–H and O–H groups in total. The molecule has 0 bridgehead atoms. The summed E-state index contributed by atoms with van der Waals surface area (Å²) in [6.07, 6.45) is 10.4. The van der Waals surface area contributed by atoms with Gasteiger partial charge in [0.15, 0.2) is 0 Å². The first-order valence-corrected chi connectivity index (χ1v) is 13.3. The van der Waals surface area contributed by atoms with Crippen LogP contribution < -0.4 is 9.32 Å². The number of carbonyl (C=O) groups excluding carboxylic acids is 1. The molecule has 2 fully saturated rings. The molecule has 2 aliphatic rings. The third kappa shape index (κ3) is 6.44. The van der Waals surface area contributed by atoms with Crippen molar-refractivity contribution in [2.45, 2.75) is 86.0 Å². The lowest BCUT2D eigenvalue weighted by molar-refractivity contribution is -0.137. The summed E-state index contributed by atoms with van der Waals surface area (Å²) < 4.78 is 21.8.